The maximum absolute atomic E-state index is 10.7. The van der Waals surface area contributed by atoms with E-state index < -0.39 is 6.16 Å². The van der Waals surface area contributed by atoms with Crippen molar-refractivity contribution in [1.29, 1.82) is 0 Å². The Kier molecular flexibility index (Phi) is 152. The van der Waals surface area contributed by atoms with E-state index >= 15 is 0 Å². The highest BCUT2D eigenvalue weighted by Gasteiger charge is 2.01. The van der Waals surface area contributed by atoms with Crippen molar-refractivity contribution in [2.24, 2.45) is 0 Å². The molecule has 0 unspecified atom stereocenters. The fraction of sp³-hybridized carbons (Fsp3) is 0.932. The Morgan fingerprint density at radius 3 is 0.814 bits per heavy atom. The third-order valence-electron chi connectivity index (χ3n) is 13.3. The zero-order chi connectivity index (χ0) is 78.8. The van der Waals surface area contributed by atoms with Crippen LogP contribution in [0.1, 0.15) is 199 Å². The van der Waals surface area contributed by atoms with Gasteiger partial charge in [-0.2, -0.15) is 0 Å². The molecule has 0 spiro atoms. The van der Waals surface area contributed by atoms with Gasteiger partial charge in [-0.3, -0.25) is 9.59 Å². The summed E-state index contributed by atoms with van der Waals surface area (Å²) in [6.07, 6.45) is 33.1. The number of alkyl carbamates (subject to hydrolysis) is 1. The molecule has 0 aromatic carbocycles. The fourth-order valence-electron chi connectivity index (χ4n) is 7.32. The number of hydrogen-bond acceptors (Lipinski definition) is 24. The van der Waals surface area contributed by atoms with Gasteiger partial charge in [0.25, 0.3) is 0 Å². The lowest BCUT2D eigenvalue weighted by atomic mass is 10.1. The first kappa shape index (κ1) is 119. The van der Waals surface area contributed by atoms with Crippen molar-refractivity contribution in [2.75, 3.05) is 261 Å². The summed E-state index contributed by atoms with van der Waals surface area (Å²) < 4.78 is 81.2. The molecule has 0 aromatic heterocycles. The lowest BCUT2D eigenvalue weighted by Crippen LogP contribution is -2.33. The number of rotatable bonds is 59. The third kappa shape index (κ3) is 163. The molecule has 28 heteroatoms. The number of nitrogens with one attached hydrogen (secondary N) is 6. The fourth-order valence-corrected chi connectivity index (χ4v) is 7.32. The standard InChI is InChI=1S/C10H22N2O2.C10H22O2.C9H19NO3.C8H19NO.C8H16O4.C7H15NO2.C7H16O2.C6H12O3.C5H13NO.C4H10O2/c1-11-10(13)12-8-6-4-3-5-7-9-14-2;1-11-9-7-5-3-4-6-8-10-12-2;1-10-9(11)13-8-6-4-3-5-7-12-2;1-9-7-5-3-4-6-8-10-2;1-10-6-4-3-5-7-12-8(9)11-2;1-8-7(9)5-3-4-6-10-2;1-8-6-4-3-5-7-9-2;1-8-5-3-4-6(7)9-2;1-6-4-3-5-7-2;1-5-3-4-6-2/h3-9H2,1-2H3,(H2,11,12,13);3-10H2,1-2H3;3-8H2,1-2H3,(H,10,11);9H,3-8H2,1-2H3;3-7H2,1-2H3;3-6H2,1-2H3,(H,8,9);3-7H2,1-2H3;3-5H2,1-2H3;6H,3-5H2,1-2H3;3-4H2,1-2H3. The molecule has 0 heterocycles. The van der Waals surface area contributed by atoms with Crippen LogP contribution in [0.5, 0.6) is 0 Å². The van der Waals surface area contributed by atoms with Gasteiger partial charge in [0.1, 0.15) is 0 Å². The molecule has 0 aliphatic carbocycles. The van der Waals surface area contributed by atoms with Gasteiger partial charge in [0.15, 0.2) is 0 Å². The van der Waals surface area contributed by atoms with Crippen molar-refractivity contribution in [2.45, 2.75) is 199 Å². The van der Waals surface area contributed by atoms with E-state index in [0.29, 0.717) is 45.9 Å². The molecule has 0 aromatic rings. The van der Waals surface area contributed by atoms with Gasteiger partial charge in [0.05, 0.1) is 40.6 Å². The Balaban J connectivity index is -0.000000116. The monoisotopic (exact) mass is 1490 g/mol. The smallest absolute Gasteiger partial charge is 0.469 e. The Bertz CT molecular complexity index is 1420. The number of carbonyl (C=O) groups excluding carboxylic acids is 5. The molecule has 0 fully saturated rings. The van der Waals surface area contributed by atoms with Crippen LogP contribution in [0.3, 0.4) is 0 Å². The second kappa shape index (κ2) is 130. The molecule has 622 valence electrons. The molecule has 4 amide bonds. The summed E-state index contributed by atoms with van der Waals surface area (Å²) in [7, 11) is 33.6. The number of amides is 4. The first-order valence-corrected chi connectivity index (χ1v) is 37.1. The van der Waals surface area contributed by atoms with Crippen LogP contribution in [-0.4, -0.2) is 291 Å². The number of carbonyl (C=O) groups is 5. The van der Waals surface area contributed by atoms with Crippen LogP contribution < -0.4 is 31.9 Å². The molecular weight excluding hydrogens is 1320 g/mol. The first-order valence-electron chi connectivity index (χ1n) is 37.1. The van der Waals surface area contributed by atoms with Crippen molar-refractivity contribution in [3.63, 3.8) is 0 Å². The van der Waals surface area contributed by atoms with E-state index in [1.807, 2.05) is 14.1 Å². The molecule has 6 N–H and O–H groups in total. The minimum absolute atomic E-state index is 0.0932. The molecule has 0 aliphatic heterocycles. The molecule has 0 saturated carbocycles. The van der Waals surface area contributed by atoms with Crippen molar-refractivity contribution in [3.05, 3.63) is 0 Å². The number of unbranched alkanes of at least 4 members (excludes halogenated alkanes) is 20. The van der Waals surface area contributed by atoms with Crippen molar-refractivity contribution in [1.82, 2.24) is 31.9 Å². The topological polar surface area (TPSA) is 314 Å². The van der Waals surface area contributed by atoms with E-state index in [1.54, 1.807) is 114 Å². The number of urea groups is 1. The summed E-state index contributed by atoms with van der Waals surface area (Å²) in [5.74, 6) is -0.0665. The van der Waals surface area contributed by atoms with Gasteiger partial charge in [-0.1, -0.05) is 64.2 Å². The SMILES string of the molecule is CNC(=O)CCCCOC.CNC(=O)NCCCCCCCOC.CNC(=O)OCCCCCCOC.CNCCCCCCOC.CNCCCOC.COCCCC(=O)OC.COCCCCCCCCOC.COCCCCCOC.COCCCCCOC(=O)OC.COCCOC. The minimum atomic E-state index is -0.609. The molecule has 28 nitrogen and oxygen atoms in total. The zero-order valence-electron chi connectivity index (χ0n) is 69.1. The average Bonchev–Trinajstić information content (AvgIpc) is 3.80. The van der Waals surface area contributed by atoms with Crippen LogP contribution in [0, 0.1) is 0 Å². The van der Waals surface area contributed by atoms with Crippen LogP contribution in [-0.2, 0) is 90.1 Å². The van der Waals surface area contributed by atoms with Crippen LogP contribution >= 0.6 is 0 Å². The molecular formula is C74H164N6O22. The van der Waals surface area contributed by atoms with E-state index in [2.05, 4.69) is 55.6 Å². The molecule has 0 aliphatic rings. The van der Waals surface area contributed by atoms with Crippen LogP contribution in [0.25, 0.3) is 0 Å². The Labute approximate surface area is 623 Å². The maximum Gasteiger partial charge on any atom is 0.507 e. The lowest BCUT2D eigenvalue weighted by molar-refractivity contribution is -0.141. The van der Waals surface area contributed by atoms with Gasteiger partial charge in [0, 0.05) is 206 Å². The molecule has 0 saturated heterocycles. The largest absolute Gasteiger partial charge is 0.507 e. The van der Waals surface area contributed by atoms with E-state index in [0.717, 1.165) is 182 Å². The van der Waals surface area contributed by atoms with Gasteiger partial charge in [-0.25, -0.2) is 14.4 Å². The summed E-state index contributed by atoms with van der Waals surface area (Å²) in [6, 6.07) is -0.0932. The Hall–Kier alpha value is -3.85. The number of ether oxygens (including phenoxy) is 17. The highest BCUT2D eigenvalue weighted by Crippen LogP contribution is 2.06. The first-order chi connectivity index (χ1) is 49.6. The van der Waals surface area contributed by atoms with Gasteiger partial charge >= 0.3 is 24.2 Å². The Morgan fingerprint density at radius 2 is 0.510 bits per heavy atom. The normalized spacial score (nSPS) is 9.73. The Morgan fingerprint density at radius 1 is 0.235 bits per heavy atom. The van der Waals surface area contributed by atoms with Crippen molar-refractivity contribution < 1.29 is 104 Å². The quantitative estimate of drug-likeness (QED) is 0.0187. The molecule has 0 rings (SSSR count). The number of esters is 1. The minimum Gasteiger partial charge on any atom is -0.469 e. The van der Waals surface area contributed by atoms with Crippen LogP contribution in [0.2, 0.25) is 0 Å². The van der Waals surface area contributed by atoms with Gasteiger partial charge in [-0.05, 0) is 149 Å². The highest BCUT2D eigenvalue weighted by molar-refractivity contribution is 5.75. The molecule has 102 heavy (non-hydrogen) atoms. The van der Waals surface area contributed by atoms with Gasteiger partial charge < -0.3 is 112 Å². The summed E-state index contributed by atoms with van der Waals surface area (Å²) in [5.41, 5.74) is 0. The van der Waals surface area contributed by atoms with Crippen molar-refractivity contribution in [3.8, 4) is 0 Å². The van der Waals surface area contributed by atoms with E-state index in [4.69, 9.17) is 56.8 Å². The van der Waals surface area contributed by atoms with Gasteiger partial charge in [0.2, 0.25) is 5.91 Å². The van der Waals surface area contributed by atoms with E-state index in [1.165, 1.54) is 104 Å². The van der Waals surface area contributed by atoms with Crippen LogP contribution in [0.4, 0.5) is 14.4 Å². The summed E-state index contributed by atoms with van der Waals surface area (Å²) in [4.78, 5) is 52.8. The number of methoxy groups -OCH3 is 15. The average molecular weight is 1490 g/mol. The summed E-state index contributed by atoms with van der Waals surface area (Å²) in [5, 5.41) is 16.4. The zero-order valence-corrected chi connectivity index (χ0v) is 69.1. The molecule has 0 atom stereocenters. The molecule has 0 bridgehead atoms. The maximum atomic E-state index is 10.7. The van der Waals surface area contributed by atoms with E-state index in [-0.39, 0.29) is 24.0 Å². The highest BCUT2D eigenvalue weighted by atomic mass is 16.7. The van der Waals surface area contributed by atoms with E-state index in [9.17, 15) is 24.0 Å². The second-order valence-corrected chi connectivity index (χ2v) is 22.3. The van der Waals surface area contributed by atoms with Gasteiger partial charge in [-0.15, -0.1) is 0 Å². The lowest BCUT2D eigenvalue weighted by Gasteiger charge is -2.03. The predicted octanol–water partition coefficient (Wildman–Crippen LogP) is 11.8. The summed E-state index contributed by atoms with van der Waals surface area (Å²) >= 11 is 0. The number of hydrogen-bond donors (Lipinski definition) is 6. The third-order valence-corrected chi connectivity index (χ3v) is 13.3. The van der Waals surface area contributed by atoms with Crippen molar-refractivity contribution >= 4 is 30.2 Å². The molecule has 0 radical (unpaired) electrons. The van der Waals surface area contributed by atoms with Crippen LogP contribution in [0.15, 0.2) is 0 Å². The second-order valence-electron chi connectivity index (χ2n) is 22.3. The predicted molar refractivity (Wildman–Crippen MR) is 413 cm³/mol. The summed E-state index contributed by atoms with van der Waals surface area (Å²) in [6.45, 7) is 14.4.